The van der Waals surface area contributed by atoms with Crippen LogP contribution in [0.5, 0.6) is 11.5 Å². The minimum atomic E-state index is -0.732. The lowest BCUT2D eigenvalue weighted by molar-refractivity contribution is 0.0971. The van der Waals surface area contributed by atoms with Crippen LogP contribution in [0, 0.1) is 6.92 Å². The van der Waals surface area contributed by atoms with E-state index in [2.05, 4.69) is 0 Å². The van der Waals surface area contributed by atoms with Crippen LogP contribution in [-0.4, -0.2) is 18.1 Å². The van der Waals surface area contributed by atoms with E-state index in [0.29, 0.717) is 28.0 Å². The van der Waals surface area contributed by atoms with Crippen LogP contribution in [0.25, 0.3) is 11.0 Å². The van der Waals surface area contributed by atoms with Gasteiger partial charge in [0.2, 0.25) is 5.76 Å². The van der Waals surface area contributed by atoms with Crippen molar-refractivity contribution in [3.05, 3.63) is 99.4 Å². The first kappa shape index (κ1) is 18.9. The van der Waals surface area contributed by atoms with E-state index in [1.807, 2.05) is 13.0 Å². The summed E-state index contributed by atoms with van der Waals surface area (Å²) in [5, 5.41) is 10.5. The molecule has 1 aliphatic rings. The van der Waals surface area contributed by atoms with Crippen molar-refractivity contribution in [2.45, 2.75) is 13.0 Å². The van der Waals surface area contributed by atoms with Crippen LogP contribution >= 0.6 is 0 Å². The molecule has 2 heterocycles. The number of methoxy groups -OCH3 is 1. The lowest BCUT2D eigenvalue weighted by atomic mass is 9.97. The highest BCUT2D eigenvalue weighted by atomic mass is 16.5. The Bertz CT molecular complexity index is 1390. The van der Waals surface area contributed by atoms with E-state index in [9.17, 15) is 14.7 Å². The summed E-state index contributed by atoms with van der Waals surface area (Å²) in [5.41, 5.74) is 2.51. The number of phenols is 1. The van der Waals surface area contributed by atoms with Crippen LogP contribution in [0.3, 0.4) is 0 Å². The average molecular weight is 413 g/mol. The standard InChI is InChI=1S/C25H19NO5/c1-14-6-11-20-19(12-14)23(28)21-22(15-4-3-5-17(27)13-15)26(25(29)24(21)31-20)16-7-9-18(30-2)10-8-16/h3-13,22,27H,1-2H3. The third kappa shape index (κ3) is 2.95. The van der Waals surface area contributed by atoms with Gasteiger partial charge in [-0.2, -0.15) is 0 Å². The molecular formula is C25H19NO5. The van der Waals surface area contributed by atoms with E-state index >= 15 is 0 Å². The fourth-order valence-corrected chi connectivity index (χ4v) is 4.11. The molecule has 1 atom stereocenters. The number of aryl methyl sites for hydroxylation is 1. The van der Waals surface area contributed by atoms with Gasteiger partial charge in [-0.1, -0.05) is 23.8 Å². The molecule has 1 unspecified atom stereocenters. The second-order valence-corrected chi connectivity index (χ2v) is 7.54. The third-order valence-corrected chi connectivity index (χ3v) is 5.56. The minimum Gasteiger partial charge on any atom is -0.508 e. The summed E-state index contributed by atoms with van der Waals surface area (Å²) >= 11 is 0. The monoisotopic (exact) mass is 413 g/mol. The number of aromatic hydroxyl groups is 1. The smallest absolute Gasteiger partial charge is 0.295 e. The normalized spacial score (nSPS) is 15.4. The molecule has 0 saturated heterocycles. The van der Waals surface area contributed by atoms with E-state index in [-0.39, 0.29) is 22.5 Å². The zero-order chi connectivity index (χ0) is 21.7. The van der Waals surface area contributed by atoms with Crippen molar-refractivity contribution >= 4 is 22.6 Å². The molecule has 3 aromatic carbocycles. The SMILES string of the molecule is COc1ccc(N2C(=O)c3oc4ccc(C)cc4c(=O)c3C2c2cccc(O)c2)cc1. The van der Waals surface area contributed by atoms with Crippen molar-refractivity contribution in [2.75, 3.05) is 12.0 Å². The van der Waals surface area contributed by atoms with E-state index in [1.165, 1.54) is 4.90 Å². The maximum absolute atomic E-state index is 13.5. The Labute approximate surface area is 177 Å². The number of carbonyl (C=O) groups excluding carboxylic acids is 1. The van der Waals surface area contributed by atoms with Crippen molar-refractivity contribution in [3.8, 4) is 11.5 Å². The number of fused-ring (bicyclic) bond motifs is 2. The highest BCUT2D eigenvalue weighted by Gasteiger charge is 2.43. The molecule has 0 spiro atoms. The molecule has 0 radical (unpaired) electrons. The van der Waals surface area contributed by atoms with Gasteiger partial charge in [-0.3, -0.25) is 14.5 Å². The van der Waals surface area contributed by atoms with Crippen LogP contribution in [0.15, 0.2) is 75.9 Å². The van der Waals surface area contributed by atoms with Gasteiger partial charge in [0.15, 0.2) is 5.43 Å². The molecule has 0 bridgehead atoms. The number of ether oxygens (including phenoxy) is 1. The predicted molar refractivity (Wildman–Crippen MR) is 117 cm³/mol. The summed E-state index contributed by atoms with van der Waals surface area (Å²) in [6.45, 7) is 1.90. The Morgan fingerprint density at radius 2 is 1.77 bits per heavy atom. The van der Waals surface area contributed by atoms with Crippen LogP contribution in [-0.2, 0) is 0 Å². The summed E-state index contributed by atoms with van der Waals surface area (Å²) in [6, 6.07) is 18.2. The van der Waals surface area contributed by atoms with E-state index in [4.69, 9.17) is 9.15 Å². The molecule has 31 heavy (non-hydrogen) atoms. The molecule has 0 fully saturated rings. The predicted octanol–water partition coefficient (Wildman–Crippen LogP) is 4.57. The Hall–Kier alpha value is -4.06. The topological polar surface area (TPSA) is 80.0 Å². The number of nitrogens with zero attached hydrogens (tertiary/aromatic N) is 1. The molecule has 1 aliphatic heterocycles. The Morgan fingerprint density at radius 1 is 1.00 bits per heavy atom. The number of hydrogen-bond donors (Lipinski definition) is 1. The van der Waals surface area contributed by atoms with Gasteiger partial charge in [0, 0.05) is 5.69 Å². The van der Waals surface area contributed by atoms with Crippen molar-refractivity contribution in [1.29, 1.82) is 0 Å². The number of anilines is 1. The first-order valence-corrected chi connectivity index (χ1v) is 9.82. The number of phenolic OH excluding ortho intramolecular Hbond substituents is 1. The molecule has 6 heteroatoms. The molecule has 5 rings (SSSR count). The first-order valence-electron chi connectivity index (χ1n) is 9.82. The number of benzene rings is 3. The number of amides is 1. The molecule has 0 saturated carbocycles. The Balaban J connectivity index is 1.80. The van der Waals surface area contributed by atoms with Gasteiger partial charge < -0.3 is 14.3 Å². The zero-order valence-corrected chi connectivity index (χ0v) is 17.0. The Morgan fingerprint density at radius 3 is 2.48 bits per heavy atom. The van der Waals surface area contributed by atoms with Crippen LogP contribution in [0.1, 0.15) is 33.3 Å². The van der Waals surface area contributed by atoms with Crippen LogP contribution < -0.4 is 15.1 Å². The van der Waals surface area contributed by atoms with E-state index in [1.54, 1.807) is 67.8 Å². The molecule has 6 nitrogen and oxygen atoms in total. The minimum absolute atomic E-state index is 0.0190. The van der Waals surface area contributed by atoms with Gasteiger partial charge in [-0.15, -0.1) is 0 Å². The summed E-state index contributed by atoms with van der Waals surface area (Å²) in [4.78, 5) is 28.5. The fourth-order valence-electron chi connectivity index (χ4n) is 4.11. The van der Waals surface area contributed by atoms with Crippen LogP contribution in [0.2, 0.25) is 0 Å². The highest BCUT2D eigenvalue weighted by molar-refractivity contribution is 6.10. The fraction of sp³-hybridized carbons (Fsp3) is 0.120. The van der Waals surface area contributed by atoms with Crippen molar-refractivity contribution in [3.63, 3.8) is 0 Å². The molecule has 0 aliphatic carbocycles. The number of rotatable bonds is 3. The summed E-state index contributed by atoms with van der Waals surface area (Å²) in [5.74, 6) is 0.310. The lowest BCUT2D eigenvalue weighted by Gasteiger charge is -2.25. The number of hydrogen-bond acceptors (Lipinski definition) is 5. The molecule has 1 N–H and O–H groups in total. The third-order valence-electron chi connectivity index (χ3n) is 5.56. The van der Waals surface area contributed by atoms with Crippen LogP contribution in [0.4, 0.5) is 5.69 Å². The maximum atomic E-state index is 13.5. The van der Waals surface area contributed by atoms with E-state index < -0.39 is 11.9 Å². The second kappa shape index (κ2) is 7.02. The number of carbonyl (C=O) groups is 1. The van der Waals surface area contributed by atoms with Crippen molar-refractivity contribution < 1.29 is 19.1 Å². The lowest BCUT2D eigenvalue weighted by Crippen LogP contribution is -2.29. The molecule has 154 valence electrons. The average Bonchev–Trinajstić information content (AvgIpc) is 3.07. The second-order valence-electron chi connectivity index (χ2n) is 7.54. The first-order chi connectivity index (χ1) is 15.0. The van der Waals surface area contributed by atoms with Crippen molar-refractivity contribution in [2.24, 2.45) is 0 Å². The highest BCUT2D eigenvalue weighted by Crippen LogP contribution is 2.42. The quantitative estimate of drug-likeness (QED) is 0.532. The largest absolute Gasteiger partial charge is 0.508 e. The molecular weight excluding hydrogens is 394 g/mol. The molecule has 1 amide bonds. The summed E-state index contributed by atoms with van der Waals surface area (Å²) < 4.78 is 11.2. The maximum Gasteiger partial charge on any atom is 0.295 e. The zero-order valence-electron chi connectivity index (χ0n) is 17.0. The molecule has 4 aromatic rings. The van der Waals surface area contributed by atoms with Gasteiger partial charge in [-0.05, 0) is 61.0 Å². The van der Waals surface area contributed by atoms with E-state index in [0.717, 1.165) is 5.56 Å². The van der Waals surface area contributed by atoms with Gasteiger partial charge in [0.05, 0.1) is 24.1 Å². The van der Waals surface area contributed by atoms with Gasteiger partial charge in [-0.25, -0.2) is 0 Å². The summed E-state index contributed by atoms with van der Waals surface area (Å²) in [7, 11) is 1.57. The molecule has 1 aromatic heterocycles. The van der Waals surface area contributed by atoms with Gasteiger partial charge in [0.25, 0.3) is 5.91 Å². The summed E-state index contributed by atoms with van der Waals surface area (Å²) in [6.07, 6.45) is 0. The van der Waals surface area contributed by atoms with Gasteiger partial charge >= 0.3 is 0 Å². The Kier molecular flexibility index (Phi) is 4.29. The van der Waals surface area contributed by atoms with Crippen molar-refractivity contribution in [1.82, 2.24) is 0 Å². The van der Waals surface area contributed by atoms with Gasteiger partial charge in [0.1, 0.15) is 17.1 Å².